The van der Waals surface area contributed by atoms with Gasteiger partial charge in [-0.05, 0) is 25.4 Å². The summed E-state index contributed by atoms with van der Waals surface area (Å²) in [5.41, 5.74) is 0. The van der Waals surface area contributed by atoms with Gasteiger partial charge in [0.15, 0.2) is 0 Å². The van der Waals surface area contributed by atoms with Crippen LogP contribution >= 0.6 is 0 Å². The number of amides is 1. The van der Waals surface area contributed by atoms with E-state index in [1.807, 2.05) is 0 Å². The molecule has 1 rings (SSSR count). The van der Waals surface area contributed by atoms with E-state index in [0.29, 0.717) is 5.92 Å². The minimum absolute atomic E-state index is 0.649. The molecule has 63 valence electrons. The lowest BCUT2D eigenvalue weighted by Crippen LogP contribution is -2.25. The predicted octanol–water partition coefficient (Wildman–Crippen LogP) is -0.0150. The lowest BCUT2D eigenvalue weighted by molar-refractivity contribution is 0.341. The first-order valence-corrected chi connectivity index (χ1v) is 4.19. The second-order valence-corrected chi connectivity index (χ2v) is 3.03. The largest absolute Gasteiger partial charge is 0.348 e. The molecule has 0 saturated carbocycles. The quantitative estimate of drug-likeness (QED) is 0.579. The van der Waals surface area contributed by atoms with Crippen LogP contribution in [0.15, 0.2) is 0 Å². The normalized spacial score (nSPS) is 25.4. The highest BCUT2D eigenvalue weighted by molar-refractivity contribution is 5.46. The number of hydrogen-bond acceptors (Lipinski definition) is 2. The molecule has 1 radical (unpaired) electrons. The summed E-state index contributed by atoms with van der Waals surface area (Å²) >= 11 is 0. The first-order chi connectivity index (χ1) is 5.36. The topological polar surface area (TPSA) is 32.3 Å². The molecule has 1 saturated heterocycles. The summed E-state index contributed by atoms with van der Waals surface area (Å²) in [5.74, 6) is 0.649. The zero-order valence-corrected chi connectivity index (χ0v) is 6.97. The van der Waals surface area contributed by atoms with E-state index in [1.165, 1.54) is 13.0 Å². The van der Waals surface area contributed by atoms with Crippen LogP contribution in [0.2, 0.25) is 0 Å². The number of nitrogens with one attached hydrogen (secondary N) is 1. The van der Waals surface area contributed by atoms with E-state index in [9.17, 15) is 4.79 Å². The Bertz CT molecular complexity index is 127. The molecule has 1 aliphatic heterocycles. The Balaban J connectivity index is 2.13. The third kappa shape index (κ3) is 2.50. The molecule has 0 spiro atoms. The minimum Gasteiger partial charge on any atom is -0.348 e. The molecule has 0 aromatic carbocycles. The van der Waals surface area contributed by atoms with Crippen molar-refractivity contribution in [3.63, 3.8) is 0 Å². The molecule has 3 heteroatoms. The van der Waals surface area contributed by atoms with E-state index >= 15 is 0 Å². The highest BCUT2D eigenvalue weighted by Crippen LogP contribution is 2.13. The van der Waals surface area contributed by atoms with Gasteiger partial charge in [-0.3, -0.25) is 4.79 Å². The van der Waals surface area contributed by atoms with Gasteiger partial charge in [0.2, 0.25) is 0 Å². The van der Waals surface area contributed by atoms with Crippen molar-refractivity contribution >= 4 is 6.41 Å². The van der Waals surface area contributed by atoms with Gasteiger partial charge in [0.1, 0.15) is 0 Å². The number of carbonyl (C=O) groups excluding carboxylic acids is 1. The van der Waals surface area contributed by atoms with E-state index in [-0.39, 0.29) is 0 Å². The Kier molecular flexibility index (Phi) is 3.36. The molecule has 1 atom stereocenters. The summed E-state index contributed by atoms with van der Waals surface area (Å²) in [6.07, 6.45) is 2.92. The van der Waals surface area contributed by atoms with Crippen LogP contribution in [0.25, 0.3) is 0 Å². The van der Waals surface area contributed by atoms with Gasteiger partial charge >= 0.3 is 6.41 Å². The van der Waals surface area contributed by atoms with Crippen LogP contribution in [0.1, 0.15) is 13.3 Å². The first-order valence-electron chi connectivity index (χ1n) is 4.19. The third-order valence-corrected chi connectivity index (χ3v) is 2.28. The lowest BCUT2D eigenvalue weighted by atomic mass is 10.1. The smallest absolute Gasteiger partial charge is 0.309 e. The van der Waals surface area contributed by atoms with Crippen LogP contribution < -0.4 is 5.32 Å². The fourth-order valence-electron chi connectivity index (χ4n) is 1.55. The Hall–Kier alpha value is -0.570. The Morgan fingerprint density at radius 2 is 2.55 bits per heavy atom. The maximum absolute atomic E-state index is 9.86. The monoisotopic (exact) mass is 155 g/mol. The van der Waals surface area contributed by atoms with Gasteiger partial charge < -0.3 is 10.2 Å². The van der Waals surface area contributed by atoms with Crippen molar-refractivity contribution in [3.05, 3.63) is 0 Å². The summed E-state index contributed by atoms with van der Waals surface area (Å²) in [7, 11) is 0. The van der Waals surface area contributed by atoms with E-state index in [2.05, 4.69) is 17.1 Å². The number of likely N-dealkylation sites (tertiary alicyclic amines) is 1. The van der Waals surface area contributed by atoms with Gasteiger partial charge in [0, 0.05) is 13.1 Å². The summed E-state index contributed by atoms with van der Waals surface area (Å²) in [4.78, 5) is 12.3. The highest BCUT2D eigenvalue weighted by Gasteiger charge is 2.20. The van der Waals surface area contributed by atoms with Crippen LogP contribution in [0.3, 0.4) is 0 Å². The van der Waals surface area contributed by atoms with Crippen LogP contribution in [0, 0.1) is 5.92 Å². The Morgan fingerprint density at radius 1 is 1.73 bits per heavy atom. The molecule has 0 aliphatic carbocycles. The second kappa shape index (κ2) is 4.34. The first kappa shape index (κ1) is 8.53. The predicted molar refractivity (Wildman–Crippen MR) is 43.9 cm³/mol. The van der Waals surface area contributed by atoms with Gasteiger partial charge in [0.25, 0.3) is 0 Å². The molecule has 1 fully saturated rings. The molecule has 1 N–H and O–H groups in total. The fourth-order valence-corrected chi connectivity index (χ4v) is 1.55. The van der Waals surface area contributed by atoms with Crippen LogP contribution in [-0.4, -0.2) is 37.5 Å². The molecule has 0 bridgehead atoms. The molecule has 1 heterocycles. The van der Waals surface area contributed by atoms with Crippen LogP contribution in [0.4, 0.5) is 0 Å². The standard InChI is InChI=1S/C8H15N2O/c1-2-10-4-3-8(6-10)5-9-7-11/h8H,2-6H2,1H3,(H,9,11). The van der Waals surface area contributed by atoms with Gasteiger partial charge in [-0.25, -0.2) is 0 Å². The molecule has 3 nitrogen and oxygen atoms in total. The van der Waals surface area contributed by atoms with Crippen molar-refractivity contribution < 1.29 is 4.79 Å². The number of nitrogens with zero attached hydrogens (tertiary/aromatic N) is 1. The SMILES string of the molecule is CCN1CCC(CN[C]=O)C1. The Morgan fingerprint density at radius 3 is 3.09 bits per heavy atom. The van der Waals surface area contributed by atoms with Crippen LogP contribution in [0.5, 0.6) is 0 Å². The minimum atomic E-state index is 0.649. The van der Waals surface area contributed by atoms with Crippen LogP contribution in [-0.2, 0) is 4.79 Å². The van der Waals surface area contributed by atoms with E-state index in [0.717, 1.165) is 19.6 Å². The van der Waals surface area contributed by atoms with E-state index in [4.69, 9.17) is 0 Å². The lowest BCUT2D eigenvalue weighted by Gasteiger charge is -2.11. The second-order valence-electron chi connectivity index (χ2n) is 3.03. The maximum Gasteiger partial charge on any atom is 0.309 e. The van der Waals surface area contributed by atoms with Crippen molar-refractivity contribution in [3.8, 4) is 0 Å². The zero-order chi connectivity index (χ0) is 8.10. The summed E-state index contributed by atoms with van der Waals surface area (Å²) < 4.78 is 0. The Labute approximate surface area is 67.8 Å². The average molecular weight is 155 g/mol. The van der Waals surface area contributed by atoms with E-state index < -0.39 is 0 Å². The van der Waals surface area contributed by atoms with Gasteiger partial charge in [0.05, 0.1) is 0 Å². The van der Waals surface area contributed by atoms with Crippen molar-refractivity contribution in [2.24, 2.45) is 5.92 Å². The molecule has 1 amide bonds. The number of hydrogen-bond donors (Lipinski definition) is 1. The molecule has 0 aromatic heterocycles. The van der Waals surface area contributed by atoms with Crippen molar-refractivity contribution in [2.45, 2.75) is 13.3 Å². The summed E-state index contributed by atoms with van der Waals surface area (Å²) in [6.45, 7) is 6.40. The van der Waals surface area contributed by atoms with E-state index in [1.54, 1.807) is 6.41 Å². The average Bonchev–Trinajstić information content (AvgIpc) is 2.48. The molecular weight excluding hydrogens is 140 g/mol. The van der Waals surface area contributed by atoms with Crippen molar-refractivity contribution in [2.75, 3.05) is 26.2 Å². The fraction of sp³-hybridized carbons (Fsp3) is 0.875. The van der Waals surface area contributed by atoms with Crippen molar-refractivity contribution in [1.82, 2.24) is 10.2 Å². The van der Waals surface area contributed by atoms with Crippen molar-refractivity contribution in [1.29, 1.82) is 0 Å². The third-order valence-electron chi connectivity index (χ3n) is 2.28. The van der Waals surface area contributed by atoms with Gasteiger partial charge in [-0.15, -0.1) is 0 Å². The maximum atomic E-state index is 9.86. The molecule has 11 heavy (non-hydrogen) atoms. The zero-order valence-electron chi connectivity index (χ0n) is 6.97. The van der Waals surface area contributed by atoms with Gasteiger partial charge in [-0.2, -0.15) is 0 Å². The number of rotatable bonds is 4. The molecule has 1 unspecified atom stereocenters. The molecule has 0 aromatic rings. The van der Waals surface area contributed by atoms with Gasteiger partial charge in [-0.1, -0.05) is 6.92 Å². The molecule has 1 aliphatic rings. The highest BCUT2D eigenvalue weighted by atomic mass is 16.1. The molecular formula is C8H15N2O. The summed E-state index contributed by atoms with van der Waals surface area (Å²) in [6, 6.07) is 0. The summed E-state index contributed by atoms with van der Waals surface area (Å²) in [5, 5.41) is 2.60.